The summed E-state index contributed by atoms with van der Waals surface area (Å²) in [5.74, 6) is -0.440. The predicted molar refractivity (Wildman–Crippen MR) is 75.3 cm³/mol. The Morgan fingerprint density at radius 3 is 2.56 bits per heavy atom. The first-order chi connectivity index (χ1) is 8.68. The molecule has 1 aliphatic carbocycles. The molecule has 0 radical (unpaired) electrons. The lowest BCUT2D eigenvalue weighted by Crippen LogP contribution is -2.28. The fourth-order valence-electron chi connectivity index (χ4n) is 2.46. The van der Waals surface area contributed by atoms with E-state index in [1.807, 2.05) is 24.3 Å². The maximum Gasteiger partial charge on any atom is 0.317 e. The number of carbonyl (C=O) groups is 1. The van der Waals surface area contributed by atoms with Crippen LogP contribution >= 0.6 is 23.4 Å². The van der Waals surface area contributed by atoms with Crippen LogP contribution in [0.3, 0.4) is 0 Å². The first kappa shape index (κ1) is 13.8. The lowest BCUT2D eigenvalue weighted by molar-refractivity contribution is -0.137. The van der Waals surface area contributed by atoms with Crippen molar-refractivity contribution in [3.8, 4) is 0 Å². The highest BCUT2D eigenvalue weighted by atomic mass is 35.5. The van der Waals surface area contributed by atoms with Gasteiger partial charge in [-0.25, -0.2) is 0 Å². The van der Waals surface area contributed by atoms with Gasteiger partial charge in [-0.2, -0.15) is 0 Å². The number of carboxylic acids is 1. The average molecular weight is 285 g/mol. The molecule has 1 fully saturated rings. The smallest absolute Gasteiger partial charge is 0.317 e. The fourth-order valence-corrected chi connectivity index (χ4v) is 3.91. The van der Waals surface area contributed by atoms with Gasteiger partial charge in [-0.1, -0.05) is 43.0 Å². The predicted octanol–water partition coefficient (Wildman–Crippen LogP) is 4.47. The van der Waals surface area contributed by atoms with Crippen LogP contribution in [-0.2, 0) is 4.79 Å². The first-order valence-electron chi connectivity index (χ1n) is 6.32. The third-order valence-electron chi connectivity index (χ3n) is 3.41. The number of thioether (sulfide) groups is 1. The maximum atomic E-state index is 11.5. The van der Waals surface area contributed by atoms with E-state index in [1.54, 1.807) is 0 Å². The molecule has 18 heavy (non-hydrogen) atoms. The minimum atomic E-state index is -0.716. The molecule has 1 aromatic rings. The van der Waals surface area contributed by atoms with E-state index in [-0.39, 0.29) is 11.2 Å². The van der Waals surface area contributed by atoms with Crippen LogP contribution in [0.4, 0.5) is 0 Å². The normalized spacial score (nSPS) is 18.5. The molecule has 0 amide bonds. The summed E-state index contributed by atoms with van der Waals surface area (Å²) in [6, 6.07) is 7.46. The molecule has 2 nitrogen and oxygen atoms in total. The van der Waals surface area contributed by atoms with E-state index in [2.05, 4.69) is 0 Å². The quantitative estimate of drug-likeness (QED) is 0.829. The van der Waals surface area contributed by atoms with Gasteiger partial charge in [0.25, 0.3) is 0 Å². The Labute approximate surface area is 117 Å². The van der Waals surface area contributed by atoms with Crippen LogP contribution in [-0.4, -0.2) is 16.3 Å². The van der Waals surface area contributed by atoms with Gasteiger partial charge in [-0.3, -0.25) is 4.79 Å². The number of carboxylic acid groups (broad SMARTS) is 1. The molecule has 2 rings (SSSR count). The van der Waals surface area contributed by atoms with E-state index in [1.165, 1.54) is 18.2 Å². The molecule has 1 unspecified atom stereocenters. The van der Waals surface area contributed by atoms with E-state index in [9.17, 15) is 9.90 Å². The molecule has 0 spiro atoms. The maximum absolute atomic E-state index is 11.5. The number of aliphatic carboxylic acids is 1. The second-order valence-corrected chi connectivity index (χ2v) is 6.30. The Morgan fingerprint density at radius 1 is 1.28 bits per heavy atom. The minimum absolute atomic E-state index is 0.275. The molecule has 1 aromatic carbocycles. The van der Waals surface area contributed by atoms with E-state index in [4.69, 9.17) is 11.6 Å². The lowest BCUT2D eigenvalue weighted by atomic mass is 9.87. The van der Waals surface area contributed by atoms with Crippen molar-refractivity contribution in [1.29, 1.82) is 0 Å². The molecule has 98 valence electrons. The van der Waals surface area contributed by atoms with Crippen molar-refractivity contribution in [1.82, 2.24) is 0 Å². The number of hydrogen-bond acceptors (Lipinski definition) is 2. The fraction of sp³-hybridized carbons (Fsp3) is 0.500. The van der Waals surface area contributed by atoms with Crippen LogP contribution in [0.1, 0.15) is 32.1 Å². The number of rotatable bonds is 4. The van der Waals surface area contributed by atoms with Gasteiger partial charge in [0.2, 0.25) is 0 Å². The van der Waals surface area contributed by atoms with Crippen molar-refractivity contribution in [3.05, 3.63) is 29.3 Å². The highest BCUT2D eigenvalue weighted by Gasteiger charge is 2.30. The van der Waals surface area contributed by atoms with E-state index >= 15 is 0 Å². The summed E-state index contributed by atoms with van der Waals surface area (Å²) in [5.41, 5.74) is 0. The summed E-state index contributed by atoms with van der Waals surface area (Å²) in [4.78, 5) is 12.3. The van der Waals surface area contributed by atoms with Crippen LogP contribution < -0.4 is 0 Å². The standard InChI is InChI=1S/C14H17ClO2S/c15-11-8-4-5-9-12(11)18-13(14(16)17)10-6-2-1-3-7-10/h4-5,8-10,13H,1-3,6-7H2,(H,16,17). The molecule has 0 bridgehead atoms. The zero-order valence-electron chi connectivity index (χ0n) is 10.1. The van der Waals surface area contributed by atoms with Crippen molar-refractivity contribution in [2.75, 3.05) is 0 Å². The highest BCUT2D eigenvalue weighted by molar-refractivity contribution is 8.00. The molecule has 1 N–H and O–H groups in total. The van der Waals surface area contributed by atoms with Gasteiger partial charge in [0.15, 0.2) is 0 Å². The monoisotopic (exact) mass is 284 g/mol. The second-order valence-electron chi connectivity index (χ2n) is 4.71. The topological polar surface area (TPSA) is 37.3 Å². The van der Waals surface area contributed by atoms with Crippen molar-refractivity contribution < 1.29 is 9.90 Å². The molecule has 0 heterocycles. The van der Waals surface area contributed by atoms with Crippen molar-refractivity contribution >= 4 is 29.3 Å². The van der Waals surface area contributed by atoms with Crippen LogP contribution in [0.15, 0.2) is 29.2 Å². The molecule has 0 saturated heterocycles. The van der Waals surface area contributed by atoms with Gasteiger partial charge < -0.3 is 5.11 Å². The van der Waals surface area contributed by atoms with E-state index in [0.29, 0.717) is 5.02 Å². The Hall–Kier alpha value is -0.670. The Balaban J connectivity index is 2.11. The van der Waals surface area contributed by atoms with Crippen LogP contribution in [0, 0.1) is 5.92 Å². The molecular weight excluding hydrogens is 268 g/mol. The van der Waals surface area contributed by atoms with Gasteiger partial charge in [0.1, 0.15) is 5.25 Å². The van der Waals surface area contributed by atoms with Crippen molar-refractivity contribution in [3.63, 3.8) is 0 Å². The van der Waals surface area contributed by atoms with Crippen LogP contribution in [0.2, 0.25) is 5.02 Å². The van der Waals surface area contributed by atoms with Gasteiger partial charge in [0.05, 0.1) is 5.02 Å². The van der Waals surface area contributed by atoms with Gasteiger partial charge in [0, 0.05) is 4.90 Å². The summed E-state index contributed by atoms with van der Waals surface area (Å²) >= 11 is 7.50. The van der Waals surface area contributed by atoms with E-state index in [0.717, 1.165) is 30.6 Å². The zero-order valence-corrected chi connectivity index (χ0v) is 11.7. The summed E-state index contributed by atoms with van der Waals surface area (Å²) in [6.45, 7) is 0. The number of hydrogen-bond donors (Lipinski definition) is 1. The lowest BCUT2D eigenvalue weighted by Gasteiger charge is -2.27. The third kappa shape index (κ3) is 3.42. The molecule has 4 heteroatoms. The summed E-state index contributed by atoms with van der Waals surface area (Å²) < 4.78 is 0. The highest BCUT2D eigenvalue weighted by Crippen LogP contribution is 2.38. The zero-order chi connectivity index (χ0) is 13.0. The van der Waals surface area contributed by atoms with Crippen LogP contribution in [0.5, 0.6) is 0 Å². The molecule has 0 aromatic heterocycles. The average Bonchev–Trinajstić information content (AvgIpc) is 2.38. The SMILES string of the molecule is O=C(O)C(Sc1ccccc1Cl)C1CCCCC1. The molecule has 1 atom stereocenters. The molecule has 1 aliphatic rings. The summed E-state index contributed by atoms with van der Waals surface area (Å²) in [7, 11) is 0. The van der Waals surface area contributed by atoms with Gasteiger partial charge in [-0.05, 0) is 30.9 Å². The van der Waals surface area contributed by atoms with Gasteiger partial charge in [-0.15, -0.1) is 11.8 Å². The van der Waals surface area contributed by atoms with Gasteiger partial charge >= 0.3 is 5.97 Å². The number of benzene rings is 1. The Bertz CT molecular complexity index is 416. The minimum Gasteiger partial charge on any atom is -0.480 e. The third-order valence-corrected chi connectivity index (χ3v) is 5.30. The largest absolute Gasteiger partial charge is 0.480 e. The second kappa shape index (κ2) is 6.48. The number of halogens is 1. The van der Waals surface area contributed by atoms with E-state index < -0.39 is 5.97 Å². The van der Waals surface area contributed by atoms with Crippen LogP contribution in [0.25, 0.3) is 0 Å². The Kier molecular flexibility index (Phi) is 4.95. The molecule has 1 saturated carbocycles. The molecule has 0 aliphatic heterocycles. The Morgan fingerprint density at radius 2 is 1.94 bits per heavy atom. The first-order valence-corrected chi connectivity index (χ1v) is 7.58. The summed E-state index contributed by atoms with van der Waals surface area (Å²) in [6.07, 6.45) is 5.58. The summed E-state index contributed by atoms with van der Waals surface area (Å²) in [5, 5.41) is 9.69. The molecular formula is C14H17ClO2S. The van der Waals surface area contributed by atoms with Crippen molar-refractivity contribution in [2.45, 2.75) is 42.2 Å². The van der Waals surface area contributed by atoms with Crippen molar-refractivity contribution in [2.24, 2.45) is 5.92 Å².